The number of furan rings is 1. The van der Waals surface area contributed by atoms with Crippen LogP contribution in [0.4, 0.5) is 11.9 Å². The van der Waals surface area contributed by atoms with Gasteiger partial charge >= 0.3 is 11.9 Å². The molecule has 0 aliphatic carbocycles. The number of hydrogen-bond donors (Lipinski definition) is 1. The smallest absolute Gasteiger partial charge is 0.404 e. The minimum Gasteiger partial charge on any atom is -0.404 e. The summed E-state index contributed by atoms with van der Waals surface area (Å²) in [5, 5.41) is 19.9. The Balaban J connectivity index is 2.07. The Hall–Kier alpha value is -2.97. The Morgan fingerprint density at radius 1 is 1.37 bits per heavy atom. The third kappa shape index (κ3) is 3.25. The predicted octanol–water partition coefficient (Wildman–Crippen LogP) is 1.70. The fraction of sp³-hybridized carbons (Fsp3) is 0.100. The van der Waals surface area contributed by atoms with Crippen LogP contribution in [-0.2, 0) is 4.79 Å². The molecule has 0 fully saturated rings. The van der Waals surface area contributed by atoms with Gasteiger partial charge in [0.05, 0.1) is 6.07 Å². The standard InChI is InChI=1S/C10H8N4O5/c1-6(15)11-10-13-12-8(19-10)4-2-7-3-5-9(18-7)14(16)17/h2-5H,1H3,(H,11,13,15). The minimum atomic E-state index is -0.640. The maximum atomic E-state index is 10.7. The number of nitrogens with zero attached hydrogens (tertiary/aromatic N) is 3. The van der Waals surface area contributed by atoms with Crippen molar-refractivity contribution >= 4 is 30.0 Å². The first-order valence-electron chi connectivity index (χ1n) is 5.08. The summed E-state index contributed by atoms with van der Waals surface area (Å²) >= 11 is 0. The van der Waals surface area contributed by atoms with Crippen molar-refractivity contribution in [2.75, 3.05) is 5.32 Å². The second-order valence-electron chi connectivity index (χ2n) is 3.39. The van der Waals surface area contributed by atoms with Gasteiger partial charge in [0.25, 0.3) is 0 Å². The van der Waals surface area contributed by atoms with Gasteiger partial charge in [-0.05, 0) is 12.1 Å². The van der Waals surface area contributed by atoms with E-state index in [1.165, 1.54) is 31.2 Å². The van der Waals surface area contributed by atoms with Crippen LogP contribution in [0.1, 0.15) is 18.6 Å². The minimum absolute atomic E-state index is 0.0300. The topological polar surface area (TPSA) is 124 Å². The number of nitro groups is 1. The Kier molecular flexibility index (Phi) is 3.37. The second-order valence-corrected chi connectivity index (χ2v) is 3.39. The number of carbonyl (C=O) groups excluding carboxylic acids is 1. The lowest BCUT2D eigenvalue weighted by molar-refractivity contribution is -0.402. The van der Waals surface area contributed by atoms with Gasteiger partial charge in [-0.2, -0.15) is 0 Å². The molecule has 2 aromatic rings. The number of aromatic nitrogens is 2. The van der Waals surface area contributed by atoms with Gasteiger partial charge in [0.1, 0.15) is 10.7 Å². The normalized spacial score (nSPS) is 10.8. The van der Waals surface area contributed by atoms with Crippen LogP contribution in [0.3, 0.4) is 0 Å². The highest BCUT2D eigenvalue weighted by Crippen LogP contribution is 2.18. The molecule has 1 N–H and O–H groups in total. The molecule has 0 atom stereocenters. The molecule has 1 amide bonds. The molecule has 9 heteroatoms. The quantitative estimate of drug-likeness (QED) is 0.658. The summed E-state index contributed by atoms with van der Waals surface area (Å²) in [6.07, 6.45) is 2.83. The largest absolute Gasteiger partial charge is 0.433 e. The highest BCUT2D eigenvalue weighted by atomic mass is 16.6. The van der Waals surface area contributed by atoms with Crippen LogP contribution in [0.5, 0.6) is 0 Å². The summed E-state index contributed by atoms with van der Waals surface area (Å²) in [5.41, 5.74) is 0. The number of anilines is 1. The molecule has 0 aliphatic heterocycles. The molecule has 0 radical (unpaired) electrons. The van der Waals surface area contributed by atoms with E-state index in [1.807, 2.05) is 0 Å². The van der Waals surface area contributed by atoms with Gasteiger partial charge in [0, 0.05) is 13.0 Å². The van der Waals surface area contributed by atoms with Gasteiger partial charge in [-0.1, -0.05) is 5.10 Å². The van der Waals surface area contributed by atoms with Crippen LogP contribution in [0.15, 0.2) is 21.0 Å². The van der Waals surface area contributed by atoms with Crippen molar-refractivity contribution in [2.45, 2.75) is 6.92 Å². The summed E-state index contributed by atoms with van der Waals surface area (Å²) in [5.74, 6) is -0.293. The predicted molar refractivity (Wildman–Crippen MR) is 62.9 cm³/mol. The van der Waals surface area contributed by atoms with E-state index < -0.39 is 4.92 Å². The van der Waals surface area contributed by atoms with E-state index in [9.17, 15) is 14.9 Å². The van der Waals surface area contributed by atoms with Gasteiger partial charge in [-0.3, -0.25) is 20.2 Å². The van der Waals surface area contributed by atoms with Gasteiger partial charge in [0.2, 0.25) is 11.8 Å². The lowest BCUT2D eigenvalue weighted by Crippen LogP contribution is -2.05. The van der Waals surface area contributed by atoms with Crippen LogP contribution in [0.2, 0.25) is 0 Å². The number of hydrogen-bond acceptors (Lipinski definition) is 7. The maximum Gasteiger partial charge on any atom is 0.433 e. The first-order chi connectivity index (χ1) is 9.04. The molecule has 0 unspecified atom stereocenters. The van der Waals surface area contributed by atoms with Crippen molar-refractivity contribution in [2.24, 2.45) is 0 Å². The van der Waals surface area contributed by atoms with E-state index in [1.54, 1.807) is 0 Å². The lowest BCUT2D eigenvalue weighted by atomic mass is 10.4. The van der Waals surface area contributed by atoms with Crippen molar-refractivity contribution in [1.29, 1.82) is 0 Å². The van der Waals surface area contributed by atoms with Crippen LogP contribution in [0, 0.1) is 10.1 Å². The van der Waals surface area contributed by atoms with E-state index in [0.717, 1.165) is 0 Å². The van der Waals surface area contributed by atoms with Crippen molar-refractivity contribution in [1.82, 2.24) is 10.2 Å². The molecule has 2 aromatic heterocycles. The highest BCUT2D eigenvalue weighted by Gasteiger charge is 2.10. The molecule has 0 saturated heterocycles. The Morgan fingerprint density at radius 2 is 2.16 bits per heavy atom. The van der Waals surface area contributed by atoms with Gasteiger partial charge < -0.3 is 8.83 Å². The fourth-order valence-corrected chi connectivity index (χ4v) is 1.19. The first kappa shape index (κ1) is 12.5. The molecule has 0 saturated carbocycles. The zero-order chi connectivity index (χ0) is 13.8. The zero-order valence-corrected chi connectivity index (χ0v) is 9.69. The summed E-state index contributed by atoms with van der Waals surface area (Å²) < 4.78 is 9.95. The van der Waals surface area contributed by atoms with Gasteiger partial charge in [0.15, 0.2) is 0 Å². The summed E-state index contributed by atoms with van der Waals surface area (Å²) in [6.45, 7) is 1.31. The molecule has 0 bridgehead atoms. The van der Waals surface area contributed by atoms with Crippen molar-refractivity contribution in [3.05, 3.63) is 33.9 Å². The Labute approximate surface area is 106 Å². The zero-order valence-electron chi connectivity index (χ0n) is 9.69. The monoisotopic (exact) mass is 264 g/mol. The van der Waals surface area contributed by atoms with E-state index in [4.69, 9.17) is 8.83 Å². The van der Waals surface area contributed by atoms with E-state index in [0.29, 0.717) is 0 Å². The SMILES string of the molecule is CC(=O)Nc1nnc(C=Cc2ccc([N+](=O)[O-])o2)o1. The van der Waals surface area contributed by atoms with Crippen LogP contribution in [0.25, 0.3) is 12.2 Å². The number of nitrogens with one attached hydrogen (secondary N) is 1. The summed E-state index contributed by atoms with van der Waals surface area (Å²) in [7, 11) is 0. The summed E-state index contributed by atoms with van der Waals surface area (Å²) in [4.78, 5) is 20.5. The average Bonchev–Trinajstić information content (AvgIpc) is 2.94. The van der Waals surface area contributed by atoms with E-state index in [-0.39, 0.29) is 29.5 Å². The average molecular weight is 264 g/mol. The van der Waals surface area contributed by atoms with Crippen LogP contribution in [-0.4, -0.2) is 21.0 Å². The third-order valence-corrected chi connectivity index (χ3v) is 1.91. The third-order valence-electron chi connectivity index (χ3n) is 1.91. The van der Waals surface area contributed by atoms with Crippen LogP contribution < -0.4 is 5.32 Å². The van der Waals surface area contributed by atoms with Crippen molar-refractivity contribution in [3.8, 4) is 0 Å². The molecule has 0 spiro atoms. The molecule has 2 heterocycles. The first-order valence-corrected chi connectivity index (χ1v) is 5.08. The van der Waals surface area contributed by atoms with Crippen molar-refractivity contribution in [3.63, 3.8) is 0 Å². The molecule has 9 nitrogen and oxygen atoms in total. The highest BCUT2D eigenvalue weighted by molar-refractivity contribution is 5.86. The molecule has 19 heavy (non-hydrogen) atoms. The Bertz CT molecular complexity index is 642. The van der Waals surface area contributed by atoms with E-state index >= 15 is 0 Å². The number of amides is 1. The van der Waals surface area contributed by atoms with Crippen molar-refractivity contribution < 1.29 is 18.6 Å². The van der Waals surface area contributed by atoms with Gasteiger partial charge in [-0.15, -0.1) is 5.10 Å². The lowest BCUT2D eigenvalue weighted by Gasteiger charge is -1.89. The van der Waals surface area contributed by atoms with E-state index in [2.05, 4.69) is 15.5 Å². The molecule has 0 aromatic carbocycles. The summed E-state index contributed by atoms with van der Waals surface area (Å²) in [6, 6.07) is 2.63. The molecular weight excluding hydrogens is 256 g/mol. The Morgan fingerprint density at radius 3 is 2.79 bits per heavy atom. The second kappa shape index (κ2) is 5.12. The molecular formula is C10H8N4O5. The molecule has 98 valence electrons. The number of carbonyl (C=O) groups is 1. The maximum absolute atomic E-state index is 10.7. The molecule has 0 aliphatic rings. The fourth-order valence-electron chi connectivity index (χ4n) is 1.19. The van der Waals surface area contributed by atoms with Gasteiger partial charge in [-0.25, -0.2) is 0 Å². The van der Waals surface area contributed by atoms with Crippen LogP contribution >= 0.6 is 0 Å². The molecule has 2 rings (SSSR count). The number of rotatable bonds is 4.